The van der Waals surface area contributed by atoms with Crippen LogP contribution in [0.2, 0.25) is 0 Å². The summed E-state index contributed by atoms with van der Waals surface area (Å²) in [5.74, 6) is -0.149. The number of carbonyl (C=O) groups is 1. The van der Waals surface area contributed by atoms with Crippen molar-refractivity contribution in [2.24, 2.45) is 0 Å². The number of fused-ring (bicyclic) bond motifs is 1. The molecule has 0 aliphatic carbocycles. The number of benzene rings is 2. The zero-order valence-corrected chi connectivity index (χ0v) is 19.1. The molecule has 0 saturated heterocycles. The van der Waals surface area contributed by atoms with Crippen molar-refractivity contribution in [1.29, 1.82) is 0 Å². The molecule has 0 aliphatic heterocycles. The van der Waals surface area contributed by atoms with Gasteiger partial charge in [-0.2, -0.15) is 5.10 Å². The molecule has 0 fully saturated rings. The molecule has 8 heteroatoms. The molecule has 164 valence electrons. The second-order valence-corrected chi connectivity index (χ2v) is 8.27. The fourth-order valence-electron chi connectivity index (χ4n) is 3.68. The molecule has 0 radical (unpaired) electrons. The summed E-state index contributed by atoms with van der Waals surface area (Å²) < 4.78 is 3.45. The van der Waals surface area contributed by atoms with Gasteiger partial charge in [0, 0.05) is 30.0 Å². The molecule has 2 aromatic carbocycles. The molecule has 0 bridgehead atoms. The lowest BCUT2D eigenvalue weighted by Gasteiger charge is -2.11. The molecule has 0 spiro atoms. The van der Waals surface area contributed by atoms with E-state index >= 15 is 0 Å². The molecule has 0 unspecified atom stereocenters. The first-order chi connectivity index (χ1) is 15.5. The molecular formula is C24H25N5O2S. The molecule has 2 aromatic heterocycles. The average molecular weight is 448 g/mol. The van der Waals surface area contributed by atoms with Crippen molar-refractivity contribution in [2.75, 3.05) is 11.6 Å². The Morgan fingerprint density at radius 2 is 1.91 bits per heavy atom. The molecule has 0 atom stereocenters. The van der Waals surface area contributed by atoms with Gasteiger partial charge in [-0.1, -0.05) is 24.3 Å². The van der Waals surface area contributed by atoms with E-state index in [-0.39, 0.29) is 24.3 Å². The standard InChI is InChI=1S/C24H25N5O2S/c1-4-28-23-22(16(2)27-29(23)18-10-6-5-7-11-18)26-20(24(28)31)13-14-21(30)25-17-9-8-12-19(15-17)32-3/h5-12,15H,4,13-14H2,1-3H3,(H,25,30). The van der Waals surface area contributed by atoms with Crippen LogP contribution in [0.15, 0.2) is 64.3 Å². The Morgan fingerprint density at radius 3 is 2.62 bits per heavy atom. The monoisotopic (exact) mass is 447 g/mol. The van der Waals surface area contributed by atoms with E-state index in [4.69, 9.17) is 0 Å². The Labute approximate surface area is 190 Å². The highest BCUT2D eigenvalue weighted by Crippen LogP contribution is 2.21. The van der Waals surface area contributed by atoms with Crippen LogP contribution in [0.25, 0.3) is 16.9 Å². The van der Waals surface area contributed by atoms with E-state index in [2.05, 4.69) is 15.4 Å². The minimum atomic E-state index is -0.186. The lowest BCUT2D eigenvalue weighted by atomic mass is 10.2. The zero-order chi connectivity index (χ0) is 22.7. The van der Waals surface area contributed by atoms with Gasteiger partial charge in [-0.3, -0.25) is 14.2 Å². The smallest absolute Gasteiger partial charge is 0.273 e. The number of aromatic nitrogens is 4. The van der Waals surface area contributed by atoms with Gasteiger partial charge in [0.2, 0.25) is 5.91 Å². The maximum Gasteiger partial charge on any atom is 0.273 e. The maximum absolute atomic E-state index is 13.2. The molecule has 0 saturated carbocycles. The van der Waals surface area contributed by atoms with Crippen molar-refractivity contribution in [3.63, 3.8) is 0 Å². The number of para-hydroxylation sites is 1. The van der Waals surface area contributed by atoms with Crippen LogP contribution < -0.4 is 10.9 Å². The molecule has 4 rings (SSSR count). The summed E-state index contributed by atoms with van der Waals surface area (Å²) >= 11 is 1.62. The number of nitrogens with one attached hydrogen (secondary N) is 1. The van der Waals surface area contributed by atoms with Gasteiger partial charge in [-0.25, -0.2) is 9.67 Å². The first kappa shape index (κ1) is 21.8. The lowest BCUT2D eigenvalue weighted by Crippen LogP contribution is -2.27. The summed E-state index contributed by atoms with van der Waals surface area (Å²) in [7, 11) is 0. The fourth-order valence-corrected chi connectivity index (χ4v) is 4.14. The van der Waals surface area contributed by atoms with Crippen LogP contribution in [0, 0.1) is 6.92 Å². The lowest BCUT2D eigenvalue weighted by molar-refractivity contribution is -0.116. The Balaban J connectivity index is 1.62. The summed E-state index contributed by atoms with van der Waals surface area (Å²) in [6.45, 7) is 4.29. The van der Waals surface area contributed by atoms with E-state index in [0.29, 0.717) is 23.4 Å². The Kier molecular flexibility index (Phi) is 6.41. The minimum Gasteiger partial charge on any atom is -0.326 e. The molecular weight excluding hydrogens is 422 g/mol. The Hall–Kier alpha value is -3.39. The van der Waals surface area contributed by atoms with Gasteiger partial charge in [-0.05, 0) is 50.4 Å². The van der Waals surface area contributed by atoms with Gasteiger partial charge >= 0.3 is 0 Å². The third kappa shape index (κ3) is 4.31. The number of nitrogens with zero attached hydrogens (tertiary/aromatic N) is 4. The van der Waals surface area contributed by atoms with E-state index in [9.17, 15) is 9.59 Å². The number of aryl methyl sites for hydroxylation is 3. The number of amides is 1. The highest BCUT2D eigenvalue weighted by atomic mass is 32.2. The van der Waals surface area contributed by atoms with E-state index in [0.717, 1.165) is 22.0 Å². The van der Waals surface area contributed by atoms with Crippen LogP contribution in [0.4, 0.5) is 5.69 Å². The topological polar surface area (TPSA) is 81.8 Å². The minimum absolute atomic E-state index is 0.149. The quantitative estimate of drug-likeness (QED) is 0.429. The first-order valence-corrected chi connectivity index (χ1v) is 11.7. The summed E-state index contributed by atoms with van der Waals surface area (Å²) in [5, 5.41) is 7.54. The zero-order valence-electron chi connectivity index (χ0n) is 18.3. The van der Waals surface area contributed by atoms with Crippen LogP contribution in [-0.2, 0) is 17.8 Å². The van der Waals surface area contributed by atoms with E-state index < -0.39 is 0 Å². The van der Waals surface area contributed by atoms with Crippen LogP contribution in [0.5, 0.6) is 0 Å². The SMILES string of the molecule is CCn1c(=O)c(CCC(=O)Nc2cccc(SC)c2)nc2c(C)nn(-c3ccccc3)c21. The predicted octanol–water partition coefficient (Wildman–Crippen LogP) is 4.20. The van der Waals surface area contributed by atoms with Crippen LogP contribution in [0.3, 0.4) is 0 Å². The third-order valence-electron chi connectivity index (χ3n) is 5.26. The summed E-state index contributed by atoms with van der Waals surface area (Å²) in [5.41, 5.74) is 3.90. The van der Waals surface area contributed by atoms with Crippen LogP contribution in [0.1, 0.15) is 24.7 Å². The largest absolute Gasteiger partial charge is 0.326 e. The van der Waals surface area contributed by atoms with Crippen molar-refractivity contribution in [1.82, 2.24) is 19.3 Å². The molecule has 32 heavy (non-hydrogen) atoms. The van der Waals surface area contributed by atoms with Gasteiger partial charge in [-0.15, -0.1) is 11.8 Å². The predicted molar refractivity (Wildman–Crippen MR) is 129 cm³/mol. The number of hydrogen-bond acceptors (Lipinski definition) is 5. The normalized spacial score (nSPS) is 11.1. The van der Waals surface area contributed by atoms with Gasteiger partial charge in [0.25, 0.3) is 5.56 Å². The van der Waals surface area contributed by atoms with Gasteiger partial charge in [0.15, 0.2) is 5.65 Å². The Morgan fingerprint density at radius 1 is 1.12 bits per heavy atom. The second kappa shape index (κ2) is 9.40. The number of rotatable bonds is 7. The molecule has 7 nitrogen and oxygen atoms in total. The third-order valence-corrected chi connectivity index (χ3v) is 5.98. The van der Waals surface area contributed by atoms with Gasteiger partial charge < -0.3 is 5.32 Å². The number of thioether (sulfide) groups is 1. The fraction of sp³-hybridized carbons (Fsp3) is 0.250. The molecule has 0 aliphatic rings. The van der Waals surface area contributed by atoms with Crippen molar-refractivity contribution in [3.8, 4) is 5.69 Å². The highest BCUT2D eigenvalue weighted by molar-refractivity contribution is 7.98. The van der Waals surface area contributed by atoms with Crippen molar-refractivity contribution >= 4 is 34.5 Å². The van der Waals surface area contributed by atoms with Crippen molar-refractivity contribution < 1.29 is 4.79 Å². The first-order valence-electron chi connectivity index (χ1n) is 10.5. The number of carbonyl (C=O) groups excluding carboxylic acids is 1. The Bertz CT molecular complexity index is 1330. The van der Waals surface area contributed by atoms with Crippen LogP contribution in [-0.4, -0.2) is 31.5 Å². The summed E-state index contributed by atoms with van der Waals surface area (Å²) in [6.07, 6.45) is 2.43. The van der Waals surface area contributed by atoms with Crippen molar-refractivity contribution in [2.45, 2.75) is 38.1 Å². The summed E-state index contributed by atoms with van der Waals surface area (Å²) in [6, 6.07) is 17.4. The highest BCUT2D eigenvalue weighted by Gasteiger charge is 2.19. The number of anilines is 1. The van der Waals surface area contributed by atoms with Gasteiger partial charge in [0.05, 0.1) is 11.4 Å². The number of hydrogen-bond donors (Lipinski definition) is 1. The van der Waals surface area contributed by atoms with Crippen molar-refractivity contribution in [3.05, 3.63) is 76.3 Å². The van der Waals surface area contributed by atoms with E-state index in [1.165, 1.54) is 0 Å². The van der Waals surface area contributed by atoms with E-state index in [1.807, 2.05) is 74.7 Å². The van der Waals surface area contributed by atoms with Gasteiger partial charge in [0.1, 0.15) is 11.2 Å². The van der Waals surface area contributed by atoms with E-state index in [1.54, 1.807) is 21.0 Å². The molecule has 1 amide bonds. The van der Waals surface area contributed by atoms with Crippen LogP contribution >= 0.6 is 11.8 Å². The molecule has 2 heterocycles. The second-order valence-electron chi connectivity index (χ2n) is 7.39. The summed E-state index contributed by atoms with van der Waals surface area (Å²) in [4.78, 5) is 31.4. The average Bonchev–Trinajstić information content (AvgIpc) is 3.14. The molecule has 1 N–H and O–H groups in total. The maximum atomic E-state index is 13.2. The molecule has 4 aromatic rings.